The van der Waals surface area contributed by atoms with Crippen molar-refractivity contribution in [2.45, 2.75) is 19.6 Å². The molecule has 6 heteroatoms. The fraction of sp³-hybridized carbons (Fsp3) is 0.316. The van der Waals surface area contributed by atoms with E-state index in [9.17, 15) is 9.18 Å². The van der Waals surface area contributed by atoms with E-state index in [1.54, 1.807) is 39.2 Å². The monoisotopic (exact) mass is 347 g/mol. The number of carbonyl (C=O) groups excluding carboxylic acids is 1. The lowest BCUT2D eigenvalue weighted by Crippen LogP contribution is -2.37. The number of nitrogens with zero attached hydrogens (tertiary/aromatic N) is 1. The minimum absolute atomic E-state index is 0.181. The summed E-state index contributed by atoms with van der Waals surface area (Å²) in [5, 5.41) is 0. The zero-order chi connectivity index (χ0) is 18.4. The fourth-order valence-electron chi connectivity index (χ4n) is 2.41. The van der Waals surface area contributed by atoms with Gasteiger partial charge in [-0.05, 0) is 48.9 Å². The number of methoxy groups -OCH3 is 2. The van der Waals surface area contributed by atoms with Crippen LogP contribution >= 0.6 is 0 Å². The lowest BCUT2D eigenvalue weighted by atomic mass is 10.2. The zero-order valence-corrected chi connectivity index (χ0v) is 14.8. The van der Waals surface area contributed by atoms with Crippen molar-refractivity contribution in [2.24, 2.45) is 0 Å². The maximum absolute atomic E-state index is 12.9. The summed E-state index contributed by atoms with van der Waals surface area (Å²) < 4.78 is 29.0. The molecule has 0 aliphatic heterocycles. The Morgan fingerprint density at radius 3 is 2.32 bits per heavy atom. The molecule has 134 valence electrons. The van der Waals surface area contributed by atoms with Crippen LogP contribution in [0.3, 0.4) is 0 Å². The summed E-state index contributed by atoms with van der Waals surface area (Å²) >= 11 is 0. The summed E-state index contributed by atoms with van der Waals surface area (Å²) in [5.74, 6) is 1.16. The van der Waals surface area contributed by atoms with Crippen LogP contribution in [-0.4, -0.2) is 38.2 Å². The molecule has 5 nitrogen and oxygen atoms in total. The van der Waals surface area contributed by atoms with Crippen molar-refractivity contribution in [3.05, 3.63) is 53.8 Å². The van der Waals surface area contributed by atoms with Gasteiger partial charge < -0.3 is 19.1 Å². The Morgan fingerprint density at radius 1 is 1.08 bits per heavy atom. The summed E-state index contributed by atoms with van der Waals surface area (Å²) in [6, 6.07) is 11.1. The van der Waals surface area contributed by atoms with Gasteiger partial charge in [0.05, 0.1) is 14.2 Å². The third-order valence-corrected chi connectivity index (χ3v) is 3.72. The first-order valence-electron chi connectivity index (χ1n) is 7.82. The first-order valence-corrected chi connectivity index (χ1v) is 7.82. The first kappa shape index (κ1) is 18.6. The van der Waals surface area contributed by atoms with Gasteiger partial charge in [-0.15, -0.1) is 0 Å². The number of hydrogen-bond donors (Lipinski definition) is 0. The molecule has 0 spiro atoms. The maximum atomic E-state index is 12.9. The largest absolute Gasteiger partial charge is 0.493 e. The molecule has 0 radical (unpaired) electrons. The number of carbonyl (C=O) groups is 1. The highest BCUT2D eigenvalue weighted by atomic mass is 19.1. The molecule has 2 rings (SSSR count). The van der Waals surface area contributed by atoms with Crippen LogP contribution in [0.1, 0.15) is 12.5 Å². The predicted octanol–water partition coefficient (Wildman–Crippen LogP) is 3.27. The van der Waals surface area contributed by atoms with E-state index in [1.807, 2.05) is 12.1 Å². The average molecular weight is 347 g/mol. The van der Waals surface area contributed by atoms with Crippen LogP contribution in [0.5, 0.6) is 17.2 Å². The van der Waals surface area contributed by atoms with Crippen LogP contribution in [0.4, 0.5) is 4.39 Å². The third-order valence-electron chi connectivity index (χ3n) is 3.72. The molecule has 0 fully saturated rings. The molecule has 0 aliphatic carbocycles. The van der Waals surface area contributed by atoms with E-state index in [0.717, 1.165) is 5.56 Å². The van der Waals surface area contributed by atoms with Crippen molar-refractivity contribution >= 4 is 5.91 Å². The van der Waals surface area contributed by atoms with E-state index >= 15 is 0 Å². The van der Waals surface area contributed by atoms with E-state index in [0.29, 0.717) is 23.8 Å². The van der Waals surface area contributed by atoms with Crippen LogP contribution in [0, 0.1) is 5.82 Å². The Labute approximate surface area is 146 Å². The normalized spacial score (nSPS) is 11.6. The predicted molar refractivity (Wildman–Crippen MR) is 92.5 cm³/mol. The molecule has 0 saturated heterocycles. The molecule has 1 amide bonds. The van der Waals surface area contributed by atoms with Crippen LogP contribution in [0.2, 0.25) is 0 Å². The Kier molecular flexibility index (Phi) is 6.22. The molecule has 1 atom stereocenters. The molecular formula is C19H22FNO4. The smallest absolute Gasteiger partial charge is 0.263 e. The van der Waals surface area contributed by atoms with Gasteiger partial charge in [0, 0.05) is 13.6 Å². The lowest BCUT2D eigenvalue weighted by Gasteiger charge is -2.22. The summed E-state index contributed by atoms with van der Waals surface area (Å²) in [6.07, 6.45) is -0.685. The Hall–Kier alpha value is -2.76. The van der Waals surface area contributed by atoms with Gasteiger partial charge in [-0.1, -0.05) is 6.07 Å². The van der Waals surface area contributed by atoms with Crippen molar-refractivity contribution in [3.8, 4) is 17.2 Å². The average Bonchev–Trinajstić information content (AvgIpc) is 2.62. The van der Waals surface area contributed by atoms with E-state index in [2.05, 4.69) is 0 Å². The van der Waals surface area contributed by atoms with Gasteiger partial charge in [-0.2, -0.15) is 0 Å². The van der Waals surface area contributed by atoms with Gasteiger partial charge in [0.1, 0.15) is 11.6 Å². The summed E-state index contributed by atoms with van der Waals surface area (Å²) in [7, 11) is 4.83. The molecule has 2 aromatic carbocycles. The van der Waals surface area contributed by atoms with E-state index < -0.39 is 6.10 Å². The van der Waals surface area contributed by atoms with Crippen LogP contribution in [0.15, 0.2) is 42.5 Å². The van der Waals surface area contributed by atoms with Crippen molar-refractivity contribution in [3.63, 3.8) is 0 Å². The molecule has 0 heterocycles. The molecule has 0 aromatic heterocycles. The Balaban J connectivity index is 2.00. The van der Waals surface area contributed by atoms with Gasteiger partial charge in [0.2, 0.25) is 0 Å². The SMILES string of the molecule is COc1ccc(CN(C)C(=O)C(C)Oc2ccc(F)cc2)cc1OC. The third kappa shape index (κ3) is 4.86. The lowest BCUT2D eigenvalue weighted by molar-refractivity contribution is -0.137. The van der Waals surface area contributed by atoms with Gasteiger partial charge in [0.15, 0.2) is 17.6 Å². The minimum Gasteiger partial charge on any atom is -0.493 e. The molecule has 1 unspecified atom stereocenters. The number of halogens is 1. The highest BCUT2D eigenvalue weighted by Crippen LogP contribution is 2.28. The Morgan fingerprint density at radius 2 is 1.72 bits per heavy atom. The van der Waals surface area contributed by atoms with Gasteiger partial charge in [-0.25, -0.2) is 4.39 Å². The summed E-state index contributed by atoms with van der Waals surface area (Å²) in [5.41, 5.74) is 0.905. The highest BCUT2D eigenvalue weighted by molar-refractivity contribution is 5.80. The van der Waals surface area contributed by atoms with Crippen molar-refractivity contribution in [1.29, 1.82) is 0 Å². The second kappa shape index (κ2) is 8.37. The number of amides is 1. The molecular weight excluding hydrogens is 325 g/mol. The standard InChI is InChI=1S/C19H22FNO4/c1-13(25-16-8-6-15(20)7-9-16)19(22)21(2)12-14-5-10-17(23-3)18(11-14)24-4/h5-11,13H,12H2,1-4H3. The van der Waals surface area contributed by atoms with Gasteiger partial charge in [-0.3, -0.25) is 4.79 Å². The Bertz CT molecular complexity index is 718. The number of hydrogen-bond acceptors (Lipinski definition) is 4. The topological polar surface area (TPSA) is 48.0 Å². The molecule has 25 heavy (non-hydrogen) atoms. The van der Waals surface area contributed by atoms with Crippen LogP contribution in [0.25, 0.3) is 0 Å². The molecule has 0 aliphatic rings. The van der Waals surface area contributed by atoms with Crippen molar-refractivity contribution < 1.29 is 23.4 Å². The summed E-state index contributed by atoms with van der Waals surface area (Å²) in [6.45, 7) is 2.06. The van der Waals surface area contributed by atoms with Gasteiger partial charge >= 0.3 is 0 Å². The number of ether oxygens (including phenoxy) is 3. The van der Waals surface area contributed by atoms with E-state index in [-0.39, 0.29) is 11.7 Å². The van der Waals surface area contributed by atoms with Gasteiger partial charge in [0.25, 0.3) is 5.91 Å². The van der Waals surface area contributed by atoms with E-state index in [1.165, 1.54) is 24.3 Å². The van der Waals surface area contributed by atoms with Crippen LogP contribution < -0.4 is 14.2 Å². The maximum Gasteiger partial charge on any atom is 0.263 e. The second-order valence-electron chi connectivity index (χ2n) is 5.60. The van der Waals surface area contributed by atoms with E-state index in [4.69, 9.17) is 14.2 Å². The molecule has 2 aromatic rings. The van der Waals surface area contributed by atoms with Crippen LogP contribution in [-0.2, 0) is 11.3 Å². The number of benzene rings is 2. The highest BCUT2D eigenvalue weighted by Gasteiger charge is 2.20. The molecule has 0 N–H and O–H groups in total. The zero-order valence-electron chi connectivity index (χ0n) is 14.8. The summed E-state index contributed by atoms with van der Waals surface area (Å²) in [4.78, 5) is 14.0. The number of likely N-dealkylation sites (N-methyl/N-ethyl adjacent to an activating group) is 1. The fourth-order valence-corrected chi connectivity index (χ4v) is 2.41. The quantitative estimate of drug-likeness (QED) is 0.771. The molecule has 0 bridgehead atoms. The molecule has 0 saturated carbocycles. The number of rotatable bonds is 7. The second-order valence-corrected chi connectivity index (χ2v) is 5.60. The first-order chi connectivity index (χ1) is 11.9. The van der Waals surface area contributed by atoms with Crippen molar-refractivity contribution in [1.82, 2.24) is 4.90 Å². The minimum atomic E-state index is -0.685. The van der Waals surface area contributed by atoms with Crippen molar-refractivity contribution in [2.75, 3.05) is 21.3 Å².